The zero-order valence-corrected chi connectivity index (χ0v) is 18.7. The first-order valence-electron chi connectivity index (χ1n) is 10.8. The molecule has 10 N–H and O–H groups in total. The van der Waals surface area contributed by atoms with Gasteiger partial charge in [-0.05, 0) is 32.7 Å². The second kappa shape index (κ2) is 13.2. The van der Waals surface area contributed by atoms with Gasteiger partial charge in [-0.2, -0.15) is 8.78 Å². The molecule has 34 heavy (non-hydrogen) atoms. The van der Waals surface area contributed by atoms with Crippen LogP contribution in [0.1, 0.15) is 32.6 Å². The van der Waals surface area contributed by atoms with E-state index in [9.17, 15) is 38.5 Å². The summed E-state index contributed by atoms with van der Waals surface area (Å²) in [7, 11) is 0. The summed E-state index contributed by atoms with van der Waals surface area (Å²) in [6, 6.07) is -2.26. The van der Waals surface area contributed by atoms with Crippen molar-refractivity contribution < 1.29 is 53.4 Å². The van der Waals surface area contributed by atoms with E-state index in [-0.39, 0.29) is 32.4 Å². The summed E-state index contributed by atoms with van der Waals surface area (Å²) < 4.78 is 33.9. The molecule has 15 heteroatoms. The highest BCUT2D eigenvalue weighted by molar-refractivity contribution is 5.90. The van der Waals surface area contributed by atoms with Gasteiger partial charge in [-0.3, -0.25) is 14.4 Å². The van der Waals surface area contributed by atoms with Gasteiger partial charge in [0.25, 0.3) is 0 Å². The number of aliphatic carboxylic acids is 1. The molecule has 0 aliphatic carbocycles. The van der Waals surface area contributed by atoms with Gasteiger partial charge in [0.2, 0.25) is 17.6 Å². The van der Waals surface area contributed by atoms with Gasteiger partial charge in [0.15, 0.2) is 0 Å². The number of unbranched alkanes of at least 4 members (excludes halogenated alkanes) is 1. The number of alkyl halides is 2. The summed E-state index contributed by atoms with van der Waals surface area (Å²) in [5.41, 5.74) is 5.22. The van der Waals surface area contributed by atoms with Crippen molar-refractivity contribution in [3.63, 3.8) is 0 Å². The Balaban J connectivity index is 2.54. The van der Waals surface area contributed by atoms with E-state index in [0.717, 1.165) is 0 Å². The molecule has 0 bridgehead atoms. The Bertz CT molecular complexity index is 703. The zero-order chi connectivity index (χ0) is 26.1. The molecule has 0 saturated carbocycles. The molecule has 0 aromatic carbocycles. The lowest BCUT2D eigenvalue weighted by molar-refractivity contribution is -0.375. The fourth-order valence-corrected chi connectivity index (χ4v) is 3.28. The van der Waals surface area contributed by atoms with Gasteiger partial charge >= 0.3 is 11.9 Å². The summed E-state index contributed by atoms with van der Waals surface area (Å²) in [6.07, 6.45) is -5.28. The molecule has 1 fully saturated rings. The lowest BCUT2D eigenvalue weighted by atomic mass is 9.91. The predicted octanol–water partition coefficient (Wildman–Crippen LogP) is -3.39. The molecule has 1 aliphatic heterocycles. The van der Waals surface area contributed by atoms with Crippen molar-refractivity contribution in [3.8, 4) is 0 Å². The Morgan fingerprint density at radius 2 is 1.88 bits per heavy atom. The highest BCUT2D eigenvalue weighted by Crippen LogP contribution is 2.39. The lowest BCUT2D eigenvalue weighted by Gasteiger charge is -2.45. The van der Waals surface area contributed by atoms with Crippen LogP contribution in [0.4, 0.5) is 8.78 Å². The van der Waals surface area contributed by atoms with Crippen molar-refractivity contribution in [2.75, 3.05) is 26.2 Å². The zero-order valence-electron chi connectivity index (χ0n) is 18.7. The van der Waals surface area contributed by atoms with Crippen LogP contribution in [0.3, 0.4) is 0 Å². The van der Waals surface area contributed by atoms with Crippen LogP contribution in [0.2, 0.25) is 0 Å². The number of nitrogens with two attached hydrogens (primary N) is 1. The number of hydrogen-bond acceptors (Lipinski definition) is 10. The Morgan fingerprint density at radius 1 is 1.24 bits per heavy atom. The molecular weight excluding hydrogens is 466 g/mol. The standard InChI is InChI=1S/C19H34F2N4O9/c1-10(17(31)32)24-16(30)11(25-14(28)7-22)4-2-3-5-23-9-18(20,21)19(33)6-12(27)15(29)13(8-26)34-19/h10-13,15,23,26-27,29,33H,2-9,22H2,1H3,(H,24,30)(H,25,28)(H,31,32). The Hall–Kier alpha value is -2.01. The van der Waals surface area contributed by atoms with Crippen molar-refractivity contribution in [1.82, 2.24) is 16.0 Å². The maximum atomic E-state index is 14.5. The minimum Gasteiger partial charge on any atom is -0.480 e. The van der Waals surface area contributed by atoms with Crippen LogP contribution < -0.4 is 21.7 Å². The Morgan fingerprint density at radius 3 is 2.44 bits per heavy atom. The number of aliphatic hydroxyl groups is 4. The van der Waals surface area contributed by atoms with Crippen molar-refractivity contribution in [1.29, 1.82) is 0 Å². The number of halogens is 2. The number of carboxylic acid groups (broad SMARTS) is 1. The molecule has 1 rings (SSSR count). The van der Waals surface area contributed by atoms with Crippen LogP contribution in [-0.2, 0) is 19.1 Å². The number of carbonyl (C=O) groups excluding carboxylic acids is 2. The average molecular weight is 500 g/mol. The van der Waals surface area contributed by atoms with Gasteiger partial charge in [0.05, 0.1) is 25.8 Å². The summed E-state index contributed by atoms with van der Waals surface area (Å²) >= 11 is 0. The first-order chi connectivity index (χ1) is 15.8. The lowest BCUT2D eigenvalue weighted by Crippen LogP contribution is -2.65. The number of carbonyl (C=O) groups is 3. The monoisotopic (exact) mass is 500 g/mol. The number of amides is 2. The fourth-order valence-electron chi connectivity index (χ4n) is 3.28. The van der Waals surface area contributed by atoms with E-state index >= 15 is 0 Å². The molecule has 0 aromatic heterocycles. The van der Waals surface area contributed by atoms with Gasteiger partial charge in [-0.25, -0.2) is 0 Å². The van der Waals surface area contributed by atoms with Crippen LogP contribution in [0.25, 0.3) is 0 Å². The van der Waals surface area contributed by atoms with Crippen LogP contribution in [-0.4, -0.2) is 112 Å². The van der Waals surface area contributed by atoms with E-state index in [1.807, 2.05) is 0 Å². The van der Waals surface area contributed by atoms with Crippen LogP contribution in [0.5, 0.6) is 0 Å². The van der Waals surface area contributed by atoms with E-state index in [0.29, 0.717) is 0 Å². The van der Waals surface area contributed by atoms with Gasteiger partial charge in [-0.15, -0.1) is 0 Å². The molecule has 1 saturated heterocycles. The van der Waals surface area contributed by atoms with E-state index in [1.54, 1.807) is 0 Å². The first kappa shape index (κ1) is 30.0. The van der Waals surface area contributed by atoms with Gasteiger partial charge < -0.3 is 52.0 Å². The number of hydrogen-bond donors (Lipinski definition) is 9. The fraction of sp³-hybridized carbons (Fsp3) is 0.842. The number of nitrogens with one attached hydrogen (secondary N) is 3. The molecule has 0 spiro atoms. The minimum atomic E-state index is -3.88. The molecule has 0 aromatic rings. The molecule has 6 atom stereocenters. The third-order valence-corrected chi connectivity index (χ3v) is 5.37. The number of rotatable bonds is 14. The molecule has 1 heterocycles. The third kappa shape index (κ3) is 8.33. The number of carboxylic acids is 1. The summed E-state index contributed by atoms with van der Waals surface area (Å²) in [5, 5.41) is 54.6. The topological polar surface area (TPSA) is 224 Å². The molecule has 198 valence electrons. The highest BCUT2D eigenvalue weighted by Gasteiger charge is 2.59. The highest BCUT2D eigenvalue weighted by atomic mass is 19.3. The van der Waals surface area contributed by atoms with E-state index in [2.05, 4.69) is 16.0 Å². The Kier molecular flexibility index (Phi) is 11.6. The van der Waals surface area contributed by atoms with Crippen LogP contribution in [0, 0.1) is 0 Å². The van der Waals surface area contributed by atoms with E-state index in [4.69, 9.17) is 20.7 Å². The number of aliphatic hydroxyl groups excluding tert-OH is 3. The van der Waals surface area contributed by atoms with E-state index < -0.39 is 79.5 Å². The molecule has 13 nitrogen and oxygen atoms in total. The average Bonchev–Trinajstić information content (AvgIpc) is 2.76. The SMILES string of the molecule is CC(NC(=O)C(CCCCNCC(F)(F)C1(O)CC(O)C(O)C(CO)O1)NC(=O)CN)C(=O)O. The van der Waals surface area contributed by atoms with Crippen molar-refractivity contribution in [3.05, 3.63) is 0 Å². The van der Waals surface area contributed by atoms with Gasteiger partial charge in [0, 0.05) is 6.42 Å². The van der Waals surface area contributed by atoms with Crippen LogP contribution >= 0.6 is 0 Å². The smallest absolute Gasteiger partial charge is 0.325 e. The predicted molar refractivity (Wildman–Crippen MR) is 111 cm³/mol. The maximum absolute atomic E-state index is 14.5. The van der Waals surface area contributed by atoms with Crippen molar-refractivity contribution >= 4 is 17.8 Å². The second-order valence-electron chi connectivity index (χ2n) is 8.16. The Labute approximate surface area is 194 Å². The largest absolute Gasteiger partial charge is 0.480 e. The van der Waals surface area contributed by atoms with E-state index in [1.165, 1.54) is 6.92 Å². The number of ether oxygens (including phenoxy) is 1. The summed E-state index contributed by atoms with van der Waals surface area (Å²) in [5.74, 6) is -9.62. The molecule has 0 radical (unpaired) electrons. The maximum Gasteiger partial charge on any atom is 0.325 e. The van der Waals surface area contributed by atoms with Gasteiger partial charge in [0.1, 0.15) is 24.3 Å². The van der Waals surface area contributed by atoms with Crippen LogP contribution in [0.15, 0.2) is 0 Å². The van der Waals surface area contributed by atoms with Crippen molar-refractivity contribution in [2.45, 2.75) is 74.7 Å². The second-order valence-corrected chi connectivity index (χ2v) is 8.16. The third-order valence-electron chi connectivity index (χ3n) is 5.37. The summed E-state index contributed by atoms with van der Waals surface area (Å²) in [6.45, 7) is -1.05. The normalized spacial score (nSPS) is 27.0. The summed E-state index contributed by atoms with van der Waals surface area (Å²) in [4.78, 5) is 34.7. The molecule has 2 amide bonds. The first-order valence-corrected chi connectivity index (χ1v) is 10.8. The molecule has 6 unspecified atom stereocenters. The van der Waals surface area contributed by atoms with Crippen molar-refractivity contribution in [2.24, 2.45) is 5.73 Å². The van der Waals surface area contributed by atoms with Gasteiger partial charge in [-0.1, -0.05) is 0 Å². The molecule has 1 aliphatic rings. The molecular formula is C19H34F2N4O9. The quantitative estimate of drug-likeness (QED) is 0.107. The minimum absolute atomic E-state index is 0.0188.